The van der Waals surface area contributed by atoms with Gasteiger partial charge in [-0.15, -0.1) is 0 Å². The van der Waals surface area contributed by atoms with E-state index in [1.807, 2.05) is 0 Å². The third-order valence-corrected chi connectivity index (χ3v) is 5.89. The molecular formula is C20H25ClN4O2. The maximum Gasteiger partial charge on any atom is 0.287 e. The Hall–Kier alpha value is -2.05. The van der Waals surface area contributed by atoms with Gasteiger partial charge in [-0.05, 0) is 37.8 Å². The number of rotatable bonds is 5. The molecule has 0 aliphatic carbocycles. The summed E-state index contributed by atoms with van der Waals surface area (Å²) in [4.78, 5) is 15.1. The minimum atomic E-state index is -0.217. The Balaban J connectivity index is 1.42. The van der Waals surface area contributed by atoms with E-state index < -0.39 is 0 Å². The van der Waals surface area contributed by atoms with Crippen molar-refractivity contribution in [1.29, 1.82) is 0 Å². The topological polar surface area (TPSA) is 59.4 Å². The van der Waals surface area contributed by atoms with Crippen molar-refractivity contribution in [1.82, 2.24) is 9.78 Å². The zero-order valence-corrected chi connectivity index (χ0v) is 16.3. The summed E-state index contributed by atoms with van der Waals surface area (Å²) in [5, 5.41) is 7.79. The Bertz CT molecular complexity index is 857. The van der Waals surface area contributed by atoms with Gasteiger partial charge in [-0.2, -0.15) is 5.10 Å². The highest BCUT2D eigenvalue weighted by Crippen LogP contribution is 2.28. The van der Waals surface area contributed by atoms with Gasteiger partial charge in [-0.3, -0.25) is 4.79 Å². The molecule has 4 rings (SSSR count). The van der Waals surface area contributed by atoms with Crippen molar-refractivity contribution in [2.24, 2.45) is 0 Å². The number of hydrogen-bond acceptors (Lipinski definition) is 5. The van der Waals surface area contributed by atoms with Gasteiger partial charge >= 0.3 is 0 Å². The molecule has 2 aromatic rings. The number of nitrogens with one attached hydrogen (secondary N) is 1. The van der Waals surface area contributed by atoms with Gasteiger partial charge in [0.25, 0.3) is 5.56 Å². The van der Waals surface area contributed by atoms with Gasteiger partial charge < -0.3 is 15.0 Å². The van der Waals surface area contributed by atoms with Crippen molar-refractivity contribution >= 4 is 23.0 Å². The SMILES string of the molecule is Cc1ccccc1N1CCC(n2ncc(NC[C@H]3CCO3)c(Cl)c2=O)CC1. The largest absolute Gasteiger partial charge is 0.380 e. The first kappa shape index (κ1) is 18.3. The Morgan fingerprint density at radius 1 is 1.26 bits per heavy atom. The lowest BCUT2D eigenvalue weighted by atomic mass is 10.0. The molecule has 0 bridgehead atoms. The summed E-state index contributed by atoms with van der Waals surface area (Å²) in [6, 6.07) is 8.50. The highest BCUT2D eigenvalue weighted by atomic mass is 35.5. The molecule has 27 heavy (non-hydrogen) atoms. The van der Waals surface area contributed by atoms with Crippen LogP contribution in [0.4, 0.5) is 11.4 Å². The summed E-state index contributed by atoms with van der Waals surface area (Å²) in [7, 11) is 0. The van der Waals surface area contributed by atoms with Gasteiger partial charge in [0, 0.05) is 31.9 Å². The lowest BCUT2D eigenvalue weighted by molar-refractivity contribution is -0.0410. The lowest BCUT2D eigenvalue weighted by Crippen LogP contribution is -2.39. The molecule has 7 heteroatoms. The number of aromatic nitrogens is 2. The van der Waals surface area contributed by atoms with E-state index in [-0.39, 0.29) is 22.7 Å². The van der Waals surface area contributed by atoms with Crippen LogP contribution < -0.4 is 15.8 Å². The van der Waals surface area contributed by atoms with Crippen LogP contribution >= 0.6 is 11.6 Å². The van der Waals surface area contributed by atoms with Crippen LogP contribution in [0, 0.1) is 6.92 Å². The van der Waals surface area contributed by atoms with Crippen molar-refractivity contribution < 1.29 is 4.74 Å². The fourth-order valence-corrected chi connectivity index (χ4v) is 3.97. The van der Waals surface area contributed by atoms with E-state index in [1.54, 1.807) is 10.9 Å². The number of para-hydroxylation sites is 1. The monoisotopic (exact) mass is 388 g/mol. The van der Waals surface area contributed by atoms with E-state index >= 15 is 0 Å². The summed E-state index contributed by atoms with van der Waals surface area (Å²) in [5.41, 5.74) is 2.92. The Kier molecular flexibility index (Phi) is 5.36. The van der Waals surface area contributed by atoms with Crippen molar-refractivity contribution in [2.45, 2.75) is 38.3 Å². The van der Waals surface area contributed by atoms with Crippen LogP contribution in [0.5, 0.6) is 0 Å². The van der Waals surface area contributed by atoms with E-state index in [0.29, 0.717) is 12.2 Å². The smallest absolute Gasteiger partial charge is 0.287 e. The van der Waals surface area contributed by atoms with Crippen LogP contribution in [0.15, 0.2) is 35.3 Å². The lowest BCUT2D eigenvalue weighted by Gasteiger charge is -2.34. The average molecular weight is 389 g/mol. The second-order valence-electron chi connectivity index (χ2n) is 7.29. The Morgan fingerprint density at radius 3 is 2.67 bits per heavy atom. The third-order valence-electron chi connectivity index (χ3n) is 5.52. The second kappa shape index (κ2) is 7.90. The summed E-state index contributed by atoms with van der Waals surface area (Å²) >= 11 is 6.32. The first-order valence-electron chi connectivity index (χ1n) is 9.57. The first-order chi connectivity index (χ1) is 13.1. The number of halogens is 1. The molecule has 1 aromatic heterocycles. The molecule has 2 saturated heterocycles. The van der Waals surface area contributed by atoms with Gasteiger partial charge in [0.05, 0.1) is 24.0 Å². The number of piperidine rings is 1. The maximum atomic E-state index is 12.7. The standard InChI is InChI=1S/C20H25ClN4O2/c1-14-4-2-3-5-18(14)24-9-6-15(7-10-24)25-20(26)19(21)17(13-23-25)22-12-16-8-11-27-16/h2-5,13,15-16,22H,6-12H2,1H3/t16-/m1/s1. The molecule has 1 atom stereocenters. The molecule has 0 radical (unpaired) electrons. The predicted octanol–water partition coefficient (Wildman–Crippen LogP) is 3.25. The van der Waals surface area contributed by atoms with Crippen molar-refractivity contribution in [3.63, 3.8) is 0 Å². The fourth-order valence-electron chi connectivity index (χ4n) is 3.77. The molecule has 2 aliphatic heterocycles. The molecule has 0 saturated carbocycles. The molecule has 2 aliphatic rings. The van der Waals surface area contributed by atoms with Crippen LogP contribution in [-0.4, -0.2) is 42.1 Å². The van der Waals surface area contributed by atoms with Gasteiger partial charge in [-0.25, -0.2) is 4.68 Å². The number of hydrogen-bond donors (Lipinski definition) is 1. The molecule has 0 spiro atoms. The van der Waals surface area contributed by atoms with E-state index in [4.69, 9.17) is 16.3 Å². The van der Waals surface area contributed by atoms with Crippen LogP contribution in [0.2, 0.25) is 5.02 Å². The number of aryl methyl sites for hydroxylation is 1. The summed E-state index contributed by atoms with van der Waals surface area (Å²) < 4.78 is 6.94. The second-order valence-corrected chi connectivity index (χ2v) is 7.67. The molecular weight excluding hydrogens is 364 g/mol. The predicted molar refractivity (Wildman–Crippen MR) is 108 cm³/mol. The number of nitrogens with zero attached hydrogens (tertiary/aromatic N) is 3. The molecule has 0 amide bonds. The van der Waals surface area contributed by atoms with Crippen molar-refractivity contribution in [3.8, 4) is 0 Å². The first-order valence-corrected chi connectivity index (χ1v) is 9.94. The zero-order chi connectivity index (χ0) is 18.8. The zero-order valence-electron chi connectivity index (χ0n) is 15.5. The molecule has 6 nitrogen and oxygen atoms in total. The van der Waals surface area contributed by atoms with Gasteiger partial charge in [0.15, 0.2) is 0 Å². The summed E-state index contributed by atoms with van der Waals surface area (Å²) in [5.74, 6) is 0. The maximum absolute atomic E-state index is 12.7. The van der Waals surface area contributed by atoms with E-state index in [2.05, 4.69) is 46.5 Å². The number of ether oxygens (including phenoxy) is 1. The van der Waals surface area contributed by atoms with E-state index in [0.717, 1.165) is 39.0 Å². The van der Waals surface area contributed by atoms with Crippen molar-refractivity contribution in [3.05, 3.63) is 51.4 Å². The normalized spacial score (nSPS) is 20.4. The summed E-state index contributed by atoms with van der Waals surface area (Å²) in [6.07, 6.45) is 4.65. The molecule has 144 valence electrons. The van der Waals surface area contributed by atoms with E-state index in [1.165, 1.54) is 11.3 Å². The van der Waals surface area contributed by atoms with Crippen LogP contribution in [0.25, 0.3) is 0 Å². The minimum Gasteiger partial charge on any atom is -0.380 e. The van der Waals surface area contributed by atoms with Crippen LogP contribution in [0.1, 0.15) is 30.9 Å². The molecule has 2 fully saturated rings. The quantitative estimate of drug-likeness (QED) is 0.852. The highest BCUT2D eigenvalue weighted by molar-refractivity contribution is 6.32. The minimum absolute atomic E-state index is 0.0827. The highest BCUT2D eigenvalue weighted by Gasteiger charge is 2.25. The van der Waals surface area contributed by atoms with Crippen LogP contribution in [0.3, 0.4) is 0 Å². The average Bonchev–Trinajstić information content (AvgIpc) is 2.65. The molecule has 3 heterocycles. The van der Waals surface area contributed by atoms with E-state index in [9.17, 15) is 4.79 Å². The Morgan fingerprint density at radius 2 is 2.00 bits per heavy atom. The summed E-state index contributed by atoms with van der Waals surface area (Å²) in [6.45, 7) is 5.40. The van der Waals surface area contributed by atoms with Crippen molar-refractivity contribution in [2.75, 3.05) is 36.5 Å². The number of benzene rings is 1. The van der Waals surface area contributed by atoms with Gasteiger partial charge in [0.2, 0.25) is 0 Å². The van der Waals surface area contributed by atoms with Crippen LogP contribution in [-0.2, 0) is 4.74 Å². The molecule has 1 N–H and O–H groups in total. The number of anilines is 2. The third kappa shape index (κ3) is 3.82. The van der Waals surface area contributed by atoms with Gasteiger partial charge in [0.1, 0.15) is 5.02 Å². The fraction of sp³-hybridized carbons (Fsp3) is 0.500. The van der Waals surface area contributed by atoms with Gasteiger partial charge in [-0.1, -0.05) is 29.8 Å². The molecule has 1 aromatic carbocycles. The molecule has 0 unspecified atom stereocenters. The Labute approximate surface area is 164 Å².